The first kappa shape index (κ1) is 14.7. The molecule has 0 radical (unpaired) electrons. The number of anilines is 1. The molecule has 0 aromatic carbocycles. The lowest BCUT2D eigenvalue weighted by Gasteiger charge is -2.04. The Bertz CT molecular complexity index is 826. The van der Waals surface area contributed by atoms with Gasteiger partial charge in [-0.15, -0.1) is 11.3 Å². The molecule has 10 heteroatoms. The van der Waals surface area contributed by atoms with Crippen LogP contribution in [0.4, 0.5) is 19.0 Å². The maximum atomic E-state index is 12.4. The van der Waals surface area contributed by atoms with Crippen LogP contribution < -0.4 is 5.32 Å². The van der Waals surface area contributed by atoms with E-state index in [1.54, 1.807) is 0 Å². The Hall–Kier alpha value is -2.23. The van der Waals surface area contributed by atoms with Gasteiger partial charge in [0.2, 0.25) is 5.89 Å². The Kier molecular flexibility index (Phi) is 3.47. The van der Waals surface area contributed by atoms with Gasteiger partial charge in [-0.05, 0) is 19.4 Å². The number of rotatable bonds is 3. The van der Waals surface area contributed by atoms with E-state index in [0.29, 0.717) is 5.82 Å². The lowest BCUT2D eigenvalue weighted by atomic mass is 10.2. The van der Waals surface area contributed by atoms with Gasteiger partial charge in [-0.25, -0.2) is 9.97 Å². The van der Waals surface area contributed by atoms with Crippen molar-refractivity contribution in [3.63, 3.8) is 0 Å². The highest BCUT2D eigenvalue weighted by atomic mass is 32.1. The number of nitrogens with one attached hydrogen (secondary N) is 1. The highest BCUT2D eigenvalue weighted by Crippen LogP contribution is 2.32. The highest BCUT2D eigenvalue weighted by molar-refractivity contribution is 7.18. The van der Waals surface area contributed by atoms with Crippen molar-refractivity contribution in [1.29, 1.82) is 0 Å². The van der Waals surface area contributed by atoms with Gasteiger partial charge < -0.3 is 9.84 Å². The molecule has 0 saturated carbocycles. The number of fused-ring (bicyclic) bond motifs is 1. The van der Waals surface area contributed by atoms with Crippen LogP contribution in [0.5, 0.6) is 0 Å². The average Bonchev–Trinajstić information content (AvgIpc) is 3.03. The first-order valence-corrected chi connectivity index (χ1v) is 7.02. The number of aromatic nitrogens is 4. The van der Waals surface area contributed by atoms with Gasteiger partial charge in [0.15, 0.2) is 0 Å². The predicted molar refractivity (Wildman–Crippen MR) is 73.5 cm³/mol. The summed E-state index contributed by atoms with van der Waals surface area (Å²) in [7, 11) is 0. The first-order chi connectivity index (χ1) is 10.4. The summed E-state index contributed by atoms with van der Waals surface area (Å²) in [4.78, 5) is 13.5. The fourth-order valence-corrected chi connectivity index (χ4v) is 2.91. The monoisotopic (exact) mass is 329 g/mol. The van der Waals surface area contributed by atoms with Crippen LogP contribution in [0, 0.1) is 13.8 Å². The standard InChI is InChI=1S/C12H10F3N5OS/c1-5-6(2)22-10-8(5)9(17-4-18-10)16-3-7-19-11(20-21-7)12(13,14)15/h4H,3H2,1-2H3,(H,16,17,18). The number of hydrogen-bond donors (Lipinski definition) is 1. The summed E-state index contributed by atoms with van der Waals surface area (Å²) in [5, 5.41) is 6.66. The molecule has 6 nitrogen and oxygen atoms in total. The van der Waals surface area contributed by atoms with Crippen LogP contribution in [0.2, 0.25) is 0 Å². The molecule has 3 heterocycles. The number of hydrogen-bond acceptors (Lipinski definition) is 7. The van der Waals surface area contributed by atoms with E-state index in [0.717, 1.165) is 20.7 Å². The van der Waals surface area contributed by atoms with E-state index in [9.17, 15) is 13.2 Å². The van der Waals surface area contributed by atoms with Crippen molar-refractivity contribution in [2.45, 2.75) is 26.6 Å². The van der Waals surface area contributed by atoms with Crippen LogP contribution in [0.15, 0.2) is 10.9 Å². The molecule has 0 saturated heterocycles. The van der Waals surface area contributed by atoms with Crippen molar-refractivity contribution in [2.24, 2.45) is 0 Å². The molecule has 3 aromatic rings. The maximum Gasteiger partial charge on any atom is 0.455 e. The molecule has 0 aliphatic heterocycles. The Morgan fingerprint density at radius 1 is 1.27 bits per heavy atom. The first-order valence-electron chi connectivity index (χ1n) is 6.20. The molecule has 0 fully saturated rings. The molecule has 1 N–H and O–H groups in total. The normalized spacial score (nSPS) is 12.0. The molecular formula is C12H10F3N5OS. The quantitative estimate of drug-likeness (QED) is 0.794. The number of aryl methyl sites for hydroxylation is 2. The minimum absolute atomic E-state index is 0.0521. The van der Waals surface area contributed by atoms with Crippen molar-refractivity contribution < 1.29 is 17.7 Å². The smallest absolute Gasteiger partial charge is 0.360 e. The van der Waals surface area contributed by atoms with Crippen molar-refractivity contribution in [3.05, 3.63) is 28.5 Å². The van der Waals surface area contributed by atoms with E-state index >= 15 is 0 Å². The number of thiophene rings is 1. The van der Waals surface area contributed by atoms with Crippen LogP contribution in [-0.4, -0.2) is 20.1 Å². The maximum absolute atomic E-state index is 12.4. The van der Waals surface area contributed by atoms with E-state index in [1.807, 2.05) is 13.8 Å². The largest absolute Gasteiger partial charge is 0.455 e. The van der Waals surface area contributed by atoms with Crippen LogP contribution in [0.3, 0.4) is 0 Å². The molecule has 116 valence electrons. The van der Waals surface area contributed by atoms with Crippen LogP contribution in [0.1, 0.15) is 22.2 Å². The van der Waals surface area contributed by atoms with Gasteiger partial charge >= 0.3 is 6.18 Å². The molecule has 3 rings (SSSR count). The third kappa shape index (κ3) is 2.61. The fourth-order valence-electron chi connectivity index (χ4n) is 1.92. The van der Waals surface area contributed by atoms with E-state index in [2.05, 4.69) is 29.9 Å². The molecule has 0 unspecified atom stereocenters. The summed E-state index contributed by atoms with van der Waals surface area (Å²) in [6.45, 7) is 3.86. The summed E-state index contributed by atoms with van der Waals surface area (Å²) in [5.41, 5.74) is 1.03. The average molecular weight is 329 g/mol. The van der Waals surface area contributed by atoms with Crippen molar-refractivity contribution in [2.75, 3.05) is 5.32 Å². The van der Waals surface area contributed by atoms with E-state index < -0.39 is 12.0 Å². The van der Waals surface area contributed by atoms with Gasteiger partial charge in [0, 0.05) is 4.88 Å². The van der Waals surface area contributed by atoms with Crippen LogP contribution in [0.25, 0.3) is 10.2 Å². The lowest BCUT2D eigenvalue weighted by molar-refractivity contribution is -0.146. The molecule has 0 bridgehead atoms. The van der Waals surface area contributed by atoms with Crippen molar-refractivity contribution >= 4 is 27.4 Å². The van der Waals surface area contributed by atoms with Crippen LogP contribution in [-0.2, 0) is 12.7 Å². The molecule has 0 aliphatic carbocycles. The van der Waals surface area contributed by atoms with Gasteiger partial charge in [-0.2, -0.15) is 18.2 Å². The summed E-state index contributed by atoms with van der Waals surface area (Å²) in [6, 6.07) is 0. The van der Waals surface area contributed by atoms with E-state index in [4.69, 9.17) is 0 Å². The topological polar surface area (TPSA) is 76.7 Å². The number of halogens is 3. The molecule has 22 heavy (non-hydrogen) atoms. The Morgan fingerprint density at radius 3 is 2.73 bits per heavy atom. The number of nitrogens with zero attached hydrogens (tertiary/aromatic N) is 4. The second-order valence-electron chi connectivity index (χ2n) is 4.55. The predicted octanol–water partition coefficient (Wildman–Crippen LogP) is 3.32. The SMILES string of the molecule is Cc1sc2ncnc(NCc3nc(C(F)(F)F)no3)c2c1C. The van der Waals surface area contributed by atoms with Crippen LogP contribution >= 0.6 is 11.3 Å². The summed E-state index contributed by atoms with van der Waals surface area (Å²) in [6.07, 6.45) is -3.22. The fraction of sp³-hybridized carbons (Fsp3) is 0.333. The molecule has 0 atom stereocenters. The van der Waals surface area contributed by atoms with Gasteiger partial charge in [-0.3, -0.25) is 0 Å². The van der Waals surface area contributed by atoms with Gasteiger partial charge in [0.05, 0.1) is 11.9 Å². The van der Waals surface area contributed by atoms with Gasteiger partial charge in [0.1, 0.15) is 17.0 Å². The summed E-state index contributed by atoms with van der Waals surface area (Å²) < 4.78 is 41.8. The molecular weight excluding hydrogens is 319 g/mol. The minimum atomic E-state index is -4.62. The summed E-state index contributed by atoms with van der Waals surface area (Å²) in [5.74, 6) is -0.929. The van der Waals surface area contributed by atoms with Crippen molar-refractivity contribution in [1.82, 2.24) is 20.1 Å². The Balaban J connectivity index is 1.84. The third-order valence-corrected chi connectivity index (χ3v) is 4.21. The number of alkyl halides is 3. The minimum Gasteiger partial charge on any atom is -0.360 e. The van der Waals surface area contributed by atoms with E-state index in [1.165, 1.54) is 17.7 Å². The second kappa shape index (κ2) is 5.20. The van der Waals surface area contributed by atoms with Gasteiger partial charge in [0.25, 0.3) is 5.82 Å². The lowest BCUT2D eigenvalue weighted by Crippen LogP contribution is -2.08. The van der Waals surface area contributed by atoms with Gasteiger partial charge in [-0.1, -0.05) is 5.16 Å². The molecule has 0 amide bonds. The summed E-state index contributed by atoms with van der Waals surface area (Å²) >= 11 is 1.53. The second-order valence-corrected chi connectivity index (χ2v) is 5.75. The molecule has 3 aromatic heterocycles. The Morgan fingerprint density at radius 2 is 2.05 bits per heavy atom. The third-order valence-electron chi connectivity index (χ3n) is 3.09. The molecule has 0 aliphatic rings. The highest BCUT2D eigenvalue weighted by Gasteiger charge is 2.37. The van der Waals surface area contributed by atoms with E-state index in [-0.39, 0.29) is 12.4 Å². The molecule has 0 spiro atoms. The Labute approximate surface area is 126 Å². The zero-order chi connectivity index (χ0) is 15.9. The zero-order valence-corrected chi connectivity index (χ0v) is 12.3. The van der Waals surface area contributed by atoms with Crippen molar-refractivity contribution in [3.8, 4) is 0 Å². The zero-order valence-electron chi connectivity index (χ0n) is 11.5.